The lowest BCUT2D eigenvalue weighted by molar-refractivity contribution is 0.103. The maximum atomic E-state index is 13.0. The molecule has 0 bridgehead atoms. The number of benzene rings is 2. The third kappa shape index (κ3) is 2.65. The van der Waals surface area contributed by atoms with E-state index in [-0.39, 0.29) is 5.78 Å². The third-order valence-electron chi connectivity index (χ3n) is 3.82. The molecule has 5 heteroatoms. The molecule has 0 spiro atoms. The van der Waals surface area contributed by atoms with E-state index in [4.69, 9.17) is 14.2 Å². The van der Waals surface area contributed by atoms with Gasteiger partial charge in [0.05, 0.1) is 26.8 Å². The number of hydrogen-bond acceptors (Lipinski definition) is 5. The Morgan fingerprint density at radius 1 is 0.917 bits per heavy atom. The topological polar surface area (TPSA) is 57.7 Å². The summed E-state index contributed by atoms with van der Waals surface area (Å²) in [7, 11) is 4.57. The molecule has 3 rings (SSSR count). The number of pyridine rings is 1. The van der Waals surface area contributed by atoms with Gasteiger partial charge in [-0.1, -0.05) is 18.2 Å². The SMILES string of the molecule is COc1cc(C(=O)c2ccnc3ccccc23)cc(OC)c1OC. The van der Waals surface area contributed by atoms with Gasteiger partial charge >= 0.3 is 0 Å². The Morgan fingerprint density at radius 3 is 2.21 bits per heavy atom. The summed E-state index contributed by atoms with van der Waals surface area (Å²) in [6.07, 6.45) is 1.63. The molecular formula is C19H17NO4. The zero-order valence-corrected chi connectivity index (χ0v) is 13.7. The number of ketones is 1. The van der Waals surface area contributed by atoms with E-state index < -0.39 is 0 Å². The van der Waals surface area contributed by atoms with E-state index in [1.54, 1.807) is 24.4 Å². The molecule has 2 aromatic carbocycles. The fourth-order valence-electron chi connectivity index (χ4n) is 2.66. The van der Waals surface area contributed by atoms with Crippen molar-refractivity contribution in [2.75, 3.05) is 21.3 Å². The van der Waals surface area contributed by atoms with Crippen molar-refractivity contribution in [1.82, 2.24) is 4.98 Å². The Morgan fingerprint density at radius 2 is 1.58 bits per heavy atom. The molecule has 1 aromatic heterocycles. The Labute approximate surface area is 139 Å². The van der Waals surface area contributed by atoms with Gasteiger partial charge in [0, 0.05) is 22.7 Å². The number of aromatic nitrogens is 1. The third-order valence-corrected chi connectivity index (χ3v) is 3.82. The van der Waals surface area contributed by atoms with E-state index in [0.717, 1.165) is 10.9 Å². The summed E-state index contributed by atoms with van der Waals surface area (Å²) >= 11 is 0. The number of rotatable bonds is 5. The number of carbonyl (C=O) groups excluding carboxylic acids is 1. The van der Waals surface area contributed by atoms with Crippen LogP contribution in [0.3, 0.4) is 0 Å². The highest BCUT2D eigenvalue weighted by molar-refractivity contribution is 6.16. The number of hydrogen-bond donors (Lipinski definition) is 0. The van der Waals surface area contributed by atoms with Crippen molar-refractivity contribution >= 4 is 16.7 Å². The van der Waals surface area contributed by atoms with Gasteiger partial charge in [-0.3, -0.25) is 9.78 Å². The van der Waals surface area contributed by atoms with Gasteiger partial charge in [0.1, 0.15) is 0 Å². The zero-order valence-electron chi connectivity index (χ0n) is 13.7. The summed E-state index contributed by atoms with van der Waals surface area (Å²) in [6, 6.07) is 12.6. The summed E-state index contributed by atoms with van der Waals surface area (Å²) in [4.78, 5) is 17.3. The molecule has 5 nitrogen and oxygen atoms in total. The Hall–Kier alpha value is -3.08. The zero-order chi connectivity index (χ0) is 17.1. The highest BCUT2D eigenvalue weighted by Gasteiger charge is 2.19. The van der Waals surface area contributed by atoms with Crippen LogP contribution >= 0.6 is 0 Å². The van der Waals surface area contributed by atoms with Crippen LogP contribution < -0.4 is 14.2 Å². The van der Waals surface area contributed by atoms with Gasteiger partial charge in [-0.25, -0.2) is 0 Å². The van der Waals surface area contributed by atoms with E-state index in [0.29, 0.717) is 28.4 Å². The van der Waals surface area contributed by atoms with Crippen molar-refractivity contribution in [3.63, 3.8) is 0 Å². The lowest BCUT2D eigenvalue weighted by Gasteiger charge is -2.14. The average Bonchev–Trinajstić information content (AvgIpc) is 2.65. The molecule has 0 aliphatic heterocycles. The largest absolute Gasteiger partial charge is 0.493 e. The van der Waals surface area contributed by atoms with Gasteiger partial charge in [-0.15, -0.1) is 0 Å². The van der Waals surface area contributed by atoms with Gasteiger partial charge in [-0.05, 0) is 24.3 Å². The molecule has 0 amide bonds. The van der Waals surface area contributed by atoms with Crippen LogP contribution in [0.4, 0.5) is 0 Å². The minimum atomic E-state index is -0.132. The van der Waals surface area contributed by atoms with Crippen LogP contribution in [0.15, 0.2) is 48.7 Å². The fraction of sp³-hybridized carbons (Fsp3) is 0.158. The molecule has 0 atom stereocenters. The summed E-state index contributed by atoms with van der Waals surface area (Å²) in [5.41, 5.74) is 1.81. The first-order chi connectivity index (χ1) is 11.7. The Kier molecular flexibility index (Phi) is 4.33. The number of fused-ring (bicyclic) bond motifs is 1. The molecule has 1 heterocycles. The van der Waals surface area contributed by atoms with Crippen LogP contribution in [0.5, 0.6) is 17.2 Å². The van der Waals surface area contributed by atoms with Crippen molar-refractivity contribution in [3.05, 3.63) is 59.8 Å². The molecule has 0 aliphatic carbocycles. The van der Waals surface area contributed by atoms with E-state index in [9.17, 15) is 4.79 Å². The fourth-order valence-corrected chi connectivity index (χ4v) is 2.66. The van der Waals surface area contributed by atoms with Gasteiger partial charge in [0.25, 0.3) is 0 Å². The van der Waals surface area contributed by atoms with Crippen LogP contribution in [-0.2, 0) is 0 Å². The highest BCUT2D eigenvalue weighted by Crippen LogP contribution is 2.39. The second-order valence-corrected chi connectivity index (χ2v) is 5.12. The monoisotopic (exact) mass is 323 g/mol. The first kappa shape index (κ1) is 15.8. The van der Waals surface area contributed by atoms with E-state index in [2.05, 4.69) is 4.98 Å². The van der Waals surface area contributed by atoms with Gasteiger partial charge in [0.15, 0.2) is 17.3 Å². The minimum absolute atomic E-state index is 0.132. The molecule has 0 fully saturated rings. The van der Waals surface area contributed by atoms with E-state index in [1.807, 2.05) is 24.3 Å². The summed E-state index contributed by atoms with van der Waals surface area (Å²) in [5.74, 6) is 1.21. The summed E-state index contributed by atoms with van der Waals surface area (Å²) in [6.45, 7) is 0. The Balaban J connectivity index is 2.16. The first-order valence-corrected chi connectivity index (χ1v) is 7.38. The average molecular weight is 323 g/mol. The quantitative estimate of drug-likeness (QED) is 0.673. The second-order valence-electron chi connectivity index (χ2n) is 5.12. The molecule has 0 saturated carbocycles. The standard InChI is InChI=1S/C19H17NO4/c1-22-16-10-12(11-17(23-2)19(16)24-3)18(21)14-8-9-20-15-7-5-4-6-13(14)15/h4-11H,1-3H3. The molecule has 0 aliphatic rings. The van der Waals surface area contributed by atoms with E-state index in [1.165, 1.54) is 21.3 Å². The van der Waals surface area contributed by atoms with Crippen LogP contribution in [0.1, 0.15) is 15.9 Å². The van der Waals surface area contributed by atoms with Crippen molar-refractivity contribution in [3.8, 4) is 17.2 Å². The highest BCUT2D eigenvalue weighted by atomic mass is 16.5. The molecule has 0 N–H and O–H groups in total. The van der Waals surface area contributed by atoms with Crippen molar-refractivity contribution in [2.45, 2.75) is 0 Å². The Bertz CT molecular complexity index is 875. The number of nitrogens with zero attached hydrogens (tertiary/aromatic N) is 1. The molecule has 0 radical (unpaired) electrons. The molecule has 122 valence electrons. The number of para-hydroxylation sites is 1. The van der Waals surface area contributed by atoms with Crippen LogP contribution in [0, 0.1) is 0 Å². The molecular weight excluding hydrogens is 306 g/mol. The molecule has 0 saturated heterocycles. The van der Waals surface area contributed by atoms with Crippen LogP contribution in [-0.4, -0.2) is 32.1 Å². The molecule has 3 aromatic rings. The van der Waals surface area contributed by atoms with Crippen molar-refractivity contribution in [2.24, 2.45) is 0 Å². The van der Waals surface area contributed by atoms with Gasteiger partial charge in [-0.2, -0.15) is 0 Å². The van der Waals surface area contributed by atoms with E-state index >= 15 is 0 Å². The lowest BCUT2D eigenvalue weighted by atomic mass is 9.99. The van der Waals surface area contributed by atoms with Gasteiger partial charge in [0.2, 0.25) is 5.75 Å². The second kappa shape index (κ2) is 6.58. The summed E-state index contributed by atoms with van der Waals surface area (Å²) < 4.78 is 15.9. The lowest BCUT2D eigenvalue weighted by Crippen LogP contribution is -2.05. The minimum Gasteiger partial charge on any atom is -0.493 e. The predicted molar refractivity (Wildman–Crippen MR) is 91.3 cm³/mol. The number of carbonyl (C=O) groups is 1. The van der Waals surface area contributed by atoms with Crippen molar-refractivity contribution < 1.29 is 19.0 Å². The maximum absolute atomic E-state index is 13.0. The van der Waals surface area contributed by atoms with Gasteiger partial charge < -0.3 is 14.2 Å². The summed E-state index contributed by atoms with van der Waals surface area (Å²) in [5, 5.41) is 0.804. The number of ether oxygens (including phenoxy) is 3. The van der Waals surface area contributed by atoms with Crippen LogP contribution in [0.25, 0.3) is 10.9 Å². The van der Waals surface area contributed by atoms with Crippen molar-refractivity contribution in [1.29, 1.82) is 0 Å². The molecule has 24 heavy (non-hydrogen) atoms. The van der Waals surface area contributed by atoms with Crippen LogP contribution in [0.2, 0.25) is 0 Å². The first-order valence-electron chi connectivity index (χ1n) is 7.38. The molecule has 0 unspecified atom stereocenters. The predicted octanol–water partition coefficient (Wildman–Crippen LogP) is 3.49. The number of methoxy groups -OCH3 is 3. The normalized spacial score (nSPS) is 10.5. The maximum Gasteiger partial charge on any atom is 0.203 e. The smallest absolute Gasteiger partial charge is 0.203 e.